The summed E-state index contributed by atoms with van der Waals surface area (Å²) in [5.41, 5.74) is 5.61. The number of benzene rings is 2. The number of nitrogens with one attached hydrogen (secondary N) is 2. The molecule has 146 valence electrons. The molecule has 0 saturated heterocycles. The topological polar surface area (TPSA) is 75.3 Å². The molecule has 0 bridgehead atoms. The first-order valence-electron chi connectivity index (χ1n) is 9.02. The molecule has 5 nitrogen and oxygen atoms in total. The van der Waals surface area contributed by atoms with Crippen molar-refractivity contribution in [1.29, 1.82) is 0 Å². The molecule has 0 heterocycles. The van der Waals surface area contributed by atoms with Gasteiger partial charge in [0.25, 0.3) is 0 Å². The Kier molecular flexibility index (Phi) is 6.78. The summed E-state index contributed by atoms with van der Waals surface area (Å²) in [4.78, 5) is 12.3. The van der Waals surface area contributed by atoms with Gasteiger partial charge in [-0.2, -0.15) is 0 Å². The van der Waals surface area contributed by atoms with Crippen molar-refractivity contribution in [2.24, 2.45) is 0 Å². The van der Waals surface area contributed by atoms with E-state index in [0.717, 1.165) is 33.4 Å². The van der Waals surface area contributed by atoms with Crippen LogP contribution in [0, 0.1) is 34.6 Å². The summed E-state index contributed by atoms with van der Waals surface area (Å²) in [6, 6.07) is 9.59. The second-order valence-corrected chi connectivity index (χ2v) is 8.57. The van der Waals surface area contributed by atoms with E-state index in [4.69, 9.17) is 0 Å². The molecule has 2 aromatic carbocycles. The third-order valence-electron chi connectivity index (χ3n) is 5.18. The Balaban J connectivity index is 2.00. The first-order valence-corrected chi connectivity index (χ1v) is 10.5. The van der Waals surface area contributed by atoms with Crippen molar-refractivity contribution in [3.8, 4) is 0 Å². The van der Waals surface area contributed by atoms with Crippen molar-refractivity contribution in [2.75, 3.05) is 6.54 Å². The summed E-state index contributed by atoms with van der Waals surface area (Å²) in [6.45, 7) is 10.0. The smallest absolute Gasteiger partial charge is 0.241 e. The highest BCUT2D eigenvalue weighted by Gasteiger charge is 2.23. The standard InChI is InChI=1S/C21H28N2O3S/c1-14-15(2)17(4)21(18(5)16(14)3)27(25,26)23-12-11-20(24)22-13-19-9-7-6-8-10-19/h6-10,23H,11-13H2,1-5H3,(H,22,24). The minimum absolute atomic E-state index is 0.0633. The summed E-state index contributed by atoms with van der Waals surface area (Å²) < 4.78 is 28.2. The number of hydrogen-bond acceptors (Lipinski definition) is 3. The summed E-state index contributed by atoms with van der Waals surface area (Å²) in [7, 11) is -3.68. The third-order valence-corrected chi connectivity index (χ3v) is 6.91. The summed E-state index contributed by atoms with van der Waals surface area (Å²) in [5, 5.41) is 2.80. The second-order valence-electron chi connectivity index (χ2n) is 6.86. The fourth-order valence-electron chi connectivity index (χ4n) is 3.12. The monoisotopic (exact) mass is 388 g/mol. The predicted molar refractivity (Wildman–Crippen MR) is 108 cm³/mol. The van der Waals surface area contributed by atoms with Gasteiger partial charge >= 0.3 is 0 Å². The van der Waals surface area contributed by atoms with Crippen LogP contribution in [0.2, 0.25) is 0 Å². The molecule has 6 heteroatoms. The fraction of sp³-hybridized carbons (Fsp3) is 0.381. The van der Waals surface area contributed by atoms with Crippen molar-refractivity contribution in [3.05, 3.63) is 63.7 Å². The lowest BCUT2D eigenvalue weighted by Gasteiger charge is -2.19. The highest BCUT2D eigenvalue weighted by molar-refractivity contribution is 7.89. The molecule has 2 N–H and O–H groups in total. The molecule has 0 spiro atoms. The number of carbonyl (C=O) groups excluding carboxylic acids is 1. The molecule has 0 unspecified atom stereocenters. The van der Waals surface area contributed by atoms with Gasteiger partial charge in [0.15, 0.2) is 0 Å². The lowest BCUT2D eigenvalue weighted by molar-refractivity contribution is -0.121. The van der Waals surface area contributed by atoms with Gasteiger partial charge < -0.3 is 5.32 Å². The van der Waals surface area contributed by atoms with Gasteiger partial charge in [0.1, 0.15) is 0 Å². The molecule has 0 aliphatic carbocycles. The zero-order chi connectivity index (χ0) is 20.2. The van der Waals surface area contributed by atoms with Crippen LogP contribution in [0.4, 0.5) is 0 Å². The van der Waals surface area contributed by atoms with Crippen LogP contribution in [0.3, 0.4) is 0 Å². The molecule has 0 fully saturated rings. The van der Waals surface area contributed by atoms with Gasteiger partial charge in [-0.1, -0.05) is 30.3 Å². The minimum Gasteiger partial charge on any atom is -0.352 e. The molecular formula is C21H28N2O3S. The number of rotatable bonds is 7. The van der Waals surface area contributed by atoms with Gasteiger partial charge in [0, 0.05) is 19.5 Å². The van der Waals surface area contributed by atoms with E-state index in [1.54, 1.807) is 0 Å². The molecule has 2 rings (SSSR count). The molecule has 0 saturated carbocycles. The van der Waals surface area contributed by atoms with E-state index in [-0.39, 0.29) is 18.9 Å². The lowest BCUT2D eigenvalue weighted by Crippen LogP contribution is -2.31. The van der Waals surface area contributed by atoms with E-state index in [2.05, 4.69) is 10.0 Å². The number of amides is 1. The minimum atomic E-state index is -3.68. The van der Waals surface area contributed by atoms with Gasteiger partial charge in [0.05, 0.1) is 4.90 Å². The van der Waals surface area contributed by atoms with Crippen LogP contribution in [0.25, 0.3) is 0 Å². The van der Waals surface area contributed by atoms with E-state index in [9.17, 15) is 13.2 Å². The molecule has 0 atom stereocenters. The lowest BCUT2D eigenvalue weighted by atomic mass is 9.95. The Bertz CT molecular complexity index is 907. The largest absolute Gasteiger partial charge is 0.352 e. The molecule has 2 aromatic rings. The molecule has 1 amide bonds. The normalized spacial score (nSPS) is 11.4. The number of carbonyl (C=O) groups is 1. The average molecular weight is 389 g/mol. The van der Waals surface area contributed by atoms with E-state index in [1.165, 1.54) is 0 Å². The van der Waals surface area contributed by atoms with E-state index < -0.39 is 10.0 Å². The Morgan fingerprint density at radius 3 is 1.93 bits per heavy atom. The zero-order valence-electron chi connectivity index (χ0n) is 16.6. The van der Waals surface area contributed by atoms with Crippen LogP contribution in [0.1, 0.15) is 39.8 Å². The van der Waals surface area contributed by atoms with Crippen LogP contribution in [0.5, 0.6) is 0 Å². The highest BCUT2D eigenvalue weighted by Crippen LogP contribution is 2.29. The Hall–Kier alpha value is -2.18. The fourth-order valence-corrected chi connectivity index (χ4v) is 4.75. The highest BCUT2D eigenvalue weighted by atomic mass is 32.2. The first kappa shape index (κ1) is 21.1. The van der Waals surface area contributed by atoms with Crippen molar-refractivity contribution in [2.45, 2.75) is 52.5 Å². The third kappa shape index (κ3) is 4.96. The molecule has 0 aliphatic rings. The quantitative estimate of drug-likeness (QED) is 0.765. The van der Waals surface area contributed by atoms with Crippen LogP contribution in [0.15, 0.2) is 35.2 Å². The van der Waals surface area contributed by atoms with Crippen LogP contribution >= 0.6 is 0 Å². The van der Waals surface area contributed by atoms with Crippen LogP contribution in [-0.2, 0) is 21.4 Å². The Morgan fingerprint density at radius 1 is 0.852 bits per heavy atom. The van der Waals surface area contributed by atoms with Crippen molar-refractivity contribution in [1.82, 2.24) is 10.0 Å². The van der Waals surface area contributed by atoms with Crippen molar-refractivity contribution in [3.63, 3.8) is 0 Å². The predicted octanol–water partition coefficient (Wildman–Crippen LogP) is 3.21. The Morgan fingerprint density at radius 2 is 1.37 bits per heavy atom. The average Bonchev–Trinajstić information content (AvgIpc) is 2.63. The Labute approximate surface area is 162 Å². The number of hydrogen-bond donors (Lipinski definition) is 2. The first-order chi connectivity index (χ1) is 12.6. The van der Waals surface area contributed by atoms with Crippen LogP contribution in [-0.4, -0.2) is 20.9 Å². The van der Waals surface area contributed by atoms with E-state index >= 15 is 0 Å². The van der Waals surface area contributed by atoms with Gasteiger partial charge in [-0.05, 0) is 68.0 Å². The second kappa shape index (κ2) is 8.67. The SMILES string of the molecule is Cc1c(C)c(C)c(S(=O)(=O)NCCC(=O)NCc2ccccc2)c(C)c1C. The van der Waals surface area contributed by atoms with Crippen LogP contribution < -0.4 is 10.0 Å². The van der Waals surface area contributed by atoms with Crippen molar-refractivity contribution >= 4 is 15.9 Å². The molecule has 0 aliphatic heterocycles. The molecular weight excluding hydrogens is 360 g/mol. The molecule has 0 aromatic heterocycles. The molecule has 27 heavy (non-hydrogen) atoms. The van der Waals surface area contributed by atoms with Gasteiger partial charge in [-0.25, -0.2) is 13.1 Å². The maximum Gasteiger partial charge on any atom is 0.241 e. The van der Waals surface area contributed by atoms with Gasteiger partial charge in [0.2, 0.25) is 15.9 Å². The maximum absolute atomic E-state index is 12.8. The molecule has 0 radical (unpaired) electrons. The summed E-state index contributed by atoms with van der Waals surface area (Å²) >= 11 is 0. The zero-order valence-corrected chi connectivity index (χ0v) is 17.5. The number of sulfonamides is 1. The van der Waals surface area contributed by atoms with Gasteiger partial charge in [-0.3, -0.25) is 4.79 Å². The van der Waals surface area contributed by atoms with Gasteiger partial charge in [-0.15, -0.1) is 0 Å². The van der Waals surface area contributed by atoms with E-state index in [0.29, 0.717) is 11.4 Å². The van der Waals surface area contributed by atoms with E-state index in [1.807, 2.05) is 65.0 Å². The summed E-state index contributed by atoms with van der Waals surface area (Å²) in [6.07, 6.45) is 0.0913. The summed E-state index contributed by atoms with van der Waals surface area (Å²) in [5.74, 6) is -0.189. The maximum atomic E-state index is 12.8. The van der Waals surface area contributed by atoms with Crippen molar-refractivity contribution < 1.29 is 13.2 Å².